The van der Waals surface area contributed by atoms with Crippen molar-refractivity contribution in [2.24, 2.45) is 33.5 Å². The van der Waals surface area contributed by atoms with Crippen molar-refractivity contribution < 1.29 is 44.3 Å². The molecule has 0 radical (unpaired) electrons. The Morgan fingerprint density at radius 1 is 0.806 bits per heavy atom. The average molecular weight is 523 g/mol. The number of aliphatic hydroxyl groups excluding tert-OH is 4. The molecule has 0 aliphatic carbocycles. The first-order chi connectivity index (χ1) is 16.1. The van der Waals surface area contributed by atoms with Gasteiger partial charge in [0.05, 0.1) is 38.4 Å². The van der Waals surface area contributed by atoms with Crippen molar-refractivity contribution in [3.8, 4) is 0 Å². The monoisotopic (exact) mass is 522 g/mol. The van der Waals surface area contributed by atoms with E-state index in [1.54, 1.807) is 55.4 Å². The Morgan fingerprint density at radius 3 is 1.58 bits per heavy atom. The Labute approximate surface area is 218 Å². The molecule has 0 saturated carbocycles. The van der Waals surface area contributed by atoms with Crippen LogP contribution in [-0.4, -0.2) is 77.8 Å². The van der Waals surface area contributed by atoms with Crippen LogP contribution in [0, 0.1) is 33.5 Å². The van der Waals surface area contributed by atoms with Crippen molar-refractivity contribution in [1.82, 2.24) is 0 Å². The molecular weight excluding hydrogens is 468 g/mol. The van der Waals surface area contributed by atoms with Gasteiger partial charge in [-0.3, -0.25) is 4.79 Å². The quantitative estimate of drug-likeness (QED) is 0.162. The standard InChI is InChI=1S/3C9H18O3/c1-8(2,5-10)7(12)9(3,4)6-11;2*1-7(2)8(11)12-6-9(3,4)5-10/h5,7,11-12H,6H2,1-4H3;7,10H,5-6H2,1-4H3;5,7-8,11H,6H2,1-4H3. The summed E-state index contributed by atoms with van der Waals surface area (Å²) in [5.74, 6) is -0.247. The Kier molecular flexibility index (Phi) is 18.7. The highest BCUT2D eigenvalue weighted by Gasteiger charge is 2.39. The summed E-state index contributed by atoms with van der Waals surface area (Å²) in [6.07, 6.45) is -0.0495. The van der Waals surface area contributed by atoms with E-state index < -0.39 is 28.6 Å². The molecule has 0 spiro atoms. The smallest absolute Gasteiger partial charge is 0.308 e. The zero-order valence-corrected chi connectivity index (χ0v) is 24.6. The number of esters is 1. The number of aldehydes is 2. The molecule has 0 bridgehead atoms. The second-order valence-electron chi connectivity index (χ2n) is 12.6. The van der Waals surface area contributed by atoms with Crippen LogP contribution in [0.15, 0.2) is 0 Å². The van der Waals surface area contributed by atoms with E-state index in [-0.39, 0.29) is 49.6 Å². The number of rotatable bonds is 13. The summed E-state index contributed by atoms with van der Waals surface area (Å²) in [6.45, 7) is 21.7. The lowest BCUT2D eigenvalue weighted by atomic mass is 9.73. The second kappa shape index (κ2) is 17.2. The van der Waals surface area contributed by atoms with Crippen molar-refractivity contribution in [1.29, 1.82) is 0 Å². The van der Waals surface area contributed by atoms with Crippen LogP contribution in [0.1, 0.15) is 83.1 Å². The lowest BCUT2D eigenvalue weighted by Gasteiger charge is -2.36. The summed E-state index contributed by atoms with van der Waals surface area (Å²) < 4.78 is 10.0. The van der Waals surface area contributed by atoms with Crippen LogP contribution >= 0.6 is 0 Å². The average Bonchev–Trinajstić information content (AvgIpc) is 2.81. The number of carbonyl (C=O) groups excluding carboxylic acids is 3. The molecule has 0 rings (SSSR count). The molecule has 9 heteroatoms. The van der Waals surface area contributed by atoms with Gasteiger partial charge in [-0.1, -0.05) is 83.1 Å². The Hall–Kier alpha value is -1.39. The highest BCUT2D eigenvalue weighted by molar-refractivity contribution is 5.71. The fraction of sp³-hybridized carbons (Fsp3) is 0.889. The molecule has 0 heterocycles. The van der Waals surface area contributed by atoms with E-state index in [2.05, 4.69) is 0 Å². The van der Waals surface area contributed by atoms with Crippen molar-refractivity contribution in [2.45, 2.75) is 95.5 Å². The Morgan fingerprint density at radius 2 is 1.28 bits per heavy atom. The predicted octanol–water partition coefficient (Wildman–Crippen LogP) is 3.00. The van der Waals surface area contributed by atoms with E-state index in [4.69, 9.17) is 19.7 Å². The van der Waals surface area contributed by atoms with Gasteiger partial charge < -0.3 is 39.5 Å². The predicted molar refractivity (Wildman–Crippen MR) is 140 cm³/mol. The fourth-order valence-corrected chi connectivity index (χ4v) is 2.16. The molecule has 0 saturated heterocycles. The molecule has 0 aliphatic rings. The highest BCUT2D eigenvalue weighted by atomic mass is 16.6. The van der Waals surface area contributed by atoms with Crippen LogP contribution in [0.5, 0.6) is 0 Å². The molecular formula is C27H54O9. The van der Waals surface area contributed by atoms with Crippen LogP contribution in [0.4, 0.5) is 0 Å². The summed E-state index contributed by atoms with van der Waals surface area (Å²) in [4.78, 5) is 32.0. The third-order valence-corrected chi connectivity index (χ3v) is 5.18. The number of aliphatic hydroxyl groups is 4. The molecule has 9 nitrogen and oxygen atoms in total. The van der Waals surface area contributed by atoms with E-state index in [1.807, 2.05) is 27.7 Å². The molecule has 0 aromatic rings. The first-order valence-corrected chi connectivity index (χ1v) is 12.3. The van der Waals surface area contributed by atoms with E-state index in [0.717, 1.165) is 12.6 Å². The van der Waals surface area contributed by atoms with Crippen LogP contribution in [0.2, 0.25) is 0 Å². The Balaban J connectivity index is -0.000000454. The topological polar surface area (TPSA) is 151 Å². The summed E-state index contributed by atoms with van der Waals surface area (Å²) in [7, 11) is 0. The van der Waals surface area contributed by atoms with Crippen molar-refractivity contribution >= 4 is 18.5 Å². The SMILES string of the molecule is CC(C)(C=O)C(O)C(C)(C)CO.CC(C)C(=O)OCC(C)(C)CO.CC(C)C(O)OCC(C)(C)C=O. The number of ether oxygens (including phenoxy) is 2. The maximum atomic E-state index is 11.0. The molecule has 0 aromatic carbocycles. The Bertz CT molecular complexity index is 623. The third-order valence-electron chi connectivity index (χ3n) is 5.18. The van der Waals surface area contributed by atoms with Gasteiger partial charge in [0.15, 0.2) is 6.29 Å². The van der Waals surface area contributed by atoms with Gasteiger partial charge in [0, 0.05) is 27.6 Å². The third kappa shape index (κ3) is 17.9. The largest absolute Gasteiger partial charge is 0.465 e. The van der Waals surface area contributed by atoms with E-state index in [1.165, 1.54) is 0 Å². The maximum Gasteiger partial charge on any atom is 0.308 e. The van der Waals surface area contributed by atoms with Crippen molar-refractivity contribution in [3.05, 3.63) is 0 Å². The number of carbonyl (C=O) groups is 3. The van der Waals surface area contributed by atoms with Crippen LogP contribution in [0.25, 0.3) is 0 Å². The van der Waals surface area contributed by atoms with Gasteiger partial charge in [0.1, 0.15) is 12.6 Å². The summed E-state index contributed by atoms with van der Waals surface area (Å²) >= 11 is 0. The van der Waals surface area contributed by atoms with E-state index >= 15 is 0 Å². The first-order valence-electron chi connectivity index (χ1n) is 12.3. The van der Waals surface area contributed by atoms with Crippen molar-refractivity contribution in [2.75, 3.05) is 26.4 Å². The minimum atomic E-state index is -0.826. The molecule has 0 amide bonds. The molecule has 216 valence electrons. The first kappa shape index (κ1) is 39.1. The van der Waals surface area contributed by atoms with Gasteiger partial charge in [-0.15, -0.1) is 0 Å². The molecule has 0 fully saturated rings. The minimum Gasteiger partial charge on any atom is -0.465 e. The van der Waals surface area contributed by atoms with E-state index in [9.17, 15) is 24.6 Å². The van der Waals surface area contributed by atoms with Crippen LogP contribution in [-0.2, 0) is 23.9 Å². The lowest BCUT2D eigenvalue weighted by molar-refractivity contribution is -0.151. The summed E-state index contributed by atoms with van der Waals surface area (Å²) in [5, 5.41) is 36.8. The van der Waals surface area contributed by atoms with Crippen molar-refractivity contribution in [3.63, 3.8) is 0 Å². The minimum absolute atomic E-state index is 0.0262. The van der Waals surface area contributed by atoms with Crippen LogP contribution in [0.3, 0.4) is 0 Å². The maximum absolute atomic E-state index is 11.0. The zero-order chi connectivity index (χ0) is 29.5. The molecule has 36 heavy (non-hydrogen) atoms. The molecule has 0 aromatic heterocycles. The van der Waals surface area contributed by atoms with Gasteiger partial charge in [0.25, 0.3) is 0 Å². The fourth-order valence-electron chi connectivity index (χ4n) is 2.16. The second-order valence-corrected chi connectivity index (χ2v) is 12.6. The molecule has 2 unspecified atom stereocenters. The lowest BCUT2D eigenvalue weighted by Crippen LogP contribution is -2.44. The highest BCUT2D eigenvalue weighted by Crippen LogP contribution is 2.32. The van der Waals surface area contributed by atoms with Gasteiger partial charge in [-0.05, 0) is 0 Å². The molecule has 2 atom stereocenters. The zero-order valence-electron chi connectivity index (χ0n) is 24.6. The molecule has 4 N–H and O–H groups in total. The summed E-state index contributed by atoms with van der Waals surface area (Å²) in [5.41, 5.74) is -2.27. The van der Waals surface area contributed by atoms with E-state index in [0.29, 0.717) is 0 Å². The normalized spacial score (nSPS) is 14.2. The van der Waals surface area contributed by atoms with Gasteiger partial charge in [0.2, 0.25) is 0 Å². The van der Waals surface area contributed by atoms with Gasteiger partial charge in [-0.2, -0.15) is 0 Å². The summed E-state index contributed by atoms with van der Waals surface area (Å²) in [6, 6.07) is 0. The molecule has 0 aliphatic heterocycles. The number of hydrogen-bond donors (Lipinski definition) is 4. The van der Waals surface area contributed by atoms with Crippen LogP contribution < -0.4 is 0 Å². The number of hydrogen-bond acceptors (Lipinski definition) is 9. The van der Waals surface area contributed by atoms with Gasteiger partial charge in [-0.25, -0.2) is 0 Å². The van der Waals surface area contributed by atoms with Gasteiger partial charge >= 0.3 is 5.97 Å².